The summed E-state index contributed by atoms with van der Waals surface area (Å²) in [7, 11) is 0. The molecule has 7 heteroatoms. The standard InChI is InChI=1S/C23H29F6N/c1-2-3-14-4-6-15(7-5-14)16-8-10-17(11-9-16)18-12-19(24)21(20(25)13-18)22(26)30-23(27,28)29/h12-17H,2-11H2,1H3/b30-22-. The Bertz CT molecular complexity index is 718. The van der Waals surface area contributed by atoms with E-state index in [1.165, 1.54) is 38.5 Å². The van der Waals surface area contributed by atoms with E-state index in [2.05, 4.69) is 6.92 Å². The zero-order chi connectivity index (χ0) is 21.9. The lowest BCUT2D eigenvalue weighted by Gasteiger charge is -2.38. The fourth-order valence-electron chi connectivity index (χ4n) is 5.47. The molecule has 2 saturated carbocycles. The van der Waals surface area contributed by atoms with Crippen molar-refractivity contribution in [2.24, 2.45) is 22.7 Å². The Morgan fingerprint density at radius 2 is 1.40 bits per heavy atom. The van der Waals surface area contributed by atoms with Crippen molar-refractivity contribution >= 4 is 5.97 Å². The first-order chi connectivity index (χ1) is 14.2. The van der Waals surface area contributed by atoms with Crippen LogP contribution in [0.2, 0.25) is 0 Å². The van der Waals surface area contributed by atoms with Gasteiger partial charge in [0.25, 0.3) is 0 Å². The maximum Gasteiger partial charge on any atom is 0.505 e. The molecular weight excluding hydrogens is 404 g/mol. The molecule has 0 aromatic heterocycles. The Morgan fingerprint density at radius 1 is 0.900 bits per heavy atom. The quantitative estimate of drug-likeness (QED) is 0.253. The molecule has 0 bridgehead atoms. The van der Waals surface area contributed by atoms with Crippen LogP contribution in [0.4, 0.5) is 26.3 Å². The van der Waals surface area contributed by atoms with Gasteiger partial charge in [-0.05, 0) is 79.9 Å². The minimum Gasteiger partial charge on any atom is -0.206 e. The average molecular weight is 433 g/mol. The molecule has 0 unspecified atom stereocenters. The second-order valence-electron chi connectivity index (χ2n) is 8.91. The maximum atomic E-state index is 14.2. The van der Waals surface area contributed by atoms with Crippen molar-refractivity contribution in [2.75, 3.05) is 0 Å². The summed E-state index contributed by atoms with van der Waals surface area (Å²) in [5.41, 5.74) is -0.965. The molecule has 1 nitrogen and oxygen atoms in total. The Labute approximate surface area is 174 Å². The first-order valence-electron chi connectivity index (χ1n) is 11.0. The number of hydrogen-bond acceptors (Lipinski definition) is 1. The third kappa shape index (κ3) is 5.79. The second kappa shape index (κ2) is 9.73. The number of benzene rings is 1. The van der Waals surface area contributed by atoms with Crippen LogP contribution in [0.25, 0.3) is 0 Å². The smallest absolute Gasteiger partial charge is 0.206 e. The van der Waals surface area contributed by atoms with Gasteiger partial charge in [-0.2, -0.15) is 9.38 Å². The Kier molecular flexibility index (Phi) is 7.51. The van der Waals surface area contributed by atoms with E-state index in [-0.39, 0.29) is 5.92 Å². The first kappa shape index (κ1) is 23.1. The molecule has 2 fully saturated rings. The fraction of sp³-hybridized carbons (Fsp3) is 0.696. The van der Waals surface area contributed by atoms with E-state index in [1.807, 2.05) is 0 Å². The van der Waals surface area contributed by atoms with Gasteiger partial charge in [-0.1, -0.05) is 32.6 Å². The van der Waals surface area contributed by atoms with Gasteiger partial charge in [0.1, 0.15) is 17.2 Å². The lowest BCUT2D eigenvalue weighted by Crippen LogP contribution is -2.25. The highest BCUT2D eigenvalue weighted by molar-refractivity contribution is 5.94. The number of halogens is 6. The van der Waals surface area contributed by atoms with Gasteiger partial charge in [0.15, 0.2) is 0 Å². The number of nitrogens with zero attached hydrogens (tertiary/aromatic N) is 1. The van der Waals surface area contributed by atoms with Gasteiger partial charge in [-0.25, -0.2) is 8.78 Å². The highest BCUT2D eigenvalue weighted by atomic mass is 19.4. The zero-order valence-electron chi connectivity index (χ0n) is 17.3. The summed E-state index contributed by atoms with van der Waals surface area (Å²) in [6.45, 7) is 2.23. The van der Waals surface area contributed by atoms with Crippen LogP contribution in [0, 0.1) is 29.4 Å². The molecule has 0 spiro atoms. The number of alkyl halides is 3. The third-order valence-electron chi connectivity index (χ3n) is 6.99. The van der Waals surface area contributed by atoms with Crippen LogP contribution in [0.5, 0.6) is 0 Å². The van der Waals surface area contributed by atoms with Crippen LogP contribution in [-0.2, 0) is 0 Å². The third-order valence-corrected chi connectivity index (χ3v) is 6.99. The Morgan fingerprint density at radius 3 is 1.87 bits per heavy atom. The predicted molar refractivity (Wildman–Crippen MR) is 105 cm³/mol. The summed E-state index contributed by atoms with van der Waals surface area (Å²) >= 11 is 0. The molecule has 0 amide bonds. The SMILES string of the molecule is CCCC1CCC(C2CCC(c3cc(F)c(/C(F)=N/C(F)(F)F)c(F)c3)CC2)CC1. The molecule has 2 aliphatic rings. The summed E-state index contributed by atoms with van der Waals surface area (Å²) in [6, 6.07) is 1.93. The molecule has 0 N–H and O–H groups in total. The van der Waals surface area contributed by atoms with Crippen LogP contribution in [-0.4, -0.2) is 12.3 Å². The van der Waals surface area contributed by atoms with Crippen molar-refractivity contribution in [3.05, 3.63) is 34.9 Å². The van der Waals surface area contributed by atoms with E-state index in [4.69, 9.17) is 0 Å². The van der Waals surface area contributed by atoms with Crippen molar-refractivity contribution in [1.82, 2.24) is 0 Å². The summed E-state index contributed by atoms with van der Waals surface area (Å²) in [4.78, 5) is 1.79. The maximum absolute atomic E-state index is 14.2. The molecule has 1 aromatic carbocycles. The molecule has 2 aliphatic carbocycles. The number of aliphatic imine (C=N–C) groups is 1. The summed E-state index contributed by atoms with van der Waals surface area (Å²) < 4.78 is 78.7. The second-order valence-corrected chi connectivity index (χ2v) is 8.91. The van der Waals surface area contributed by atoms with Crippen molar-refractivity contribution < 1.29 is 26.3 Å². The van der Waals surface area contributed by atoms with Gasteiger partial charge in [-0.15, -0.1) is 13.2 Å². The lowest BCUT2D eigenvalue weighted by atomic mass is 9.68. The zero-order valence-corrected chi connectivity index (χ0v) is 17.3. The van der Waals surface area contributed by atoms with E-state index in [0.29, 0.717) is 11.5 Å². The molecule has 30 heavy (non-hydrogen) atoms. The van der Waals surface area contributed by atoms with Gasteiger partial charge in [0.2, 0.25) is 5.97 Å². The largest absolute Gasteiger partial charge is 0.505 e. The molecule has 168 valence electrons. The molecule has 1 aromatic rings. The Hall–Kier alpha value is -1.53. The average Bonchev–Trinajstić information content (AvgIpc) is 2.67. The van der Waals surface area contributed by atoms with E-state index in [9.17, 15) is 26.3 Å². The van der Waals surface area contributed by atoms with E-state index in [1.54, 1.807) is 4.99 Å². The van der Waals surface area contributed by atoms with Crippen molar-refractivity contribution in [3.8, 4) is 0 Å². The number of hydrogen-bond donors (Lipinski definition) is 0. The van der Waals surface area contributed by atoms with Gasteiger partial charge < -0.3 is 0 Å². The summed E-state index contributed by atoms with van der Waals surface area (Å²) in [5, 5.41) is 0. The molecule has 0 saturated heterocycles. The molecule has 0 atom stereocenters. The lowest BCUT2D eigenvalue weighted by molar-refractivity contribution is -0.120. The van der Waals surface area contributed by atoms with Crippen molar-refractivity contribution in [2.45, 2.75) is 83.4 Å². The van der Waals surface area contributed by atoms with E-state index >= 15 is 0 Å². The first-order valence-corrected chi connectivity index (χ1v) is 11.0. The van der Waals surface area contributed by atoms with Crippen LogP contribution in [0.15, 0.2) is 17.1 Å². The minimum atomic E-state index is -5.23. The van der Waals surface area contributed by atoms with Gasteiger partial charge in [-0.3, -0.25) is 0 Å². The number of rotatable bonds is 5. The highest BCUT2D eigenvalue weighted by Crippen LogP contribution is 2.44. The van der Waals surface area contributed by atoms with Crippen LogP contribution < -0.4 is 0 Å². The van der Waals surface area contributed by atoms with Crippen molar-refractivity contribution in [1.29, 1.82) is 0 Å². The van der Waals surface area contributed by atoms with Gasteiger partial charge in [0, 0.05) is 0 Å². The Balaban J connectivity index is 1.62. The van der Waals surface area contributed by atoms with E-state index in [0.717, 1.165) is 49.7 Å². The normalized spacial score (nSPS) is 28.6. The molecule has 0 aliphatic heterocycles. The molecular formula is C23H29F6N. The van der Waals surface area contributed by atoms with Crippen LogP contribution in [0.1, 0.15) is 88.2 Å². The minimum absolute atomic E-state index is 0.0571. The monoisotopic (exact) mass is 433 g/mol. The van der Waals surface area contributed by atoms with Crippen LogP contribution in [0.3, 0.4) is 0 Å². The van der Waals surface area contributed by atoms with E-state index < -0.39 is 29.5 Å². The van der Waals surface area contributed by atoms with Crippen LogP contribution >= 0.6 is 0 Å². The fourth-order valence-corrected chi connectivity index (χ4v) is 5.47. The summed E-state index contributed by atoms with van der Waals surface area (Å²) in [6.07, 6.45) is 5.97. The molecule has 0 heterocycles. The summed E-state index contributed by atoms with van der Waals surface area (Å²) in [5.74, 6) is -2.71. The predicted octanol–water partition coefficient (Wildman–Crippen LogP) is 8.08. The van der Waals surface area contributed by atoms with Crippen molar-refractivity contribution in [3.63, 3.8) is 0 Å². The van der Waals surface area contributed by atoms with Gasteiger partial charge in [0.05, 0.1) is 0 Å². The molecule has 0 radical (unpaired) electrons. The highest BCUT2D eigenvalue weighted by Gasteiger charge is 2.33. The van der Waals surface area contributed by atoms with Gasteiger partial charge >= 0.3 is 6.30 Å². The topological polar surface area (TPSA) is 12.4 Å². The molecule has 3 rings (SSSR count).